The van der Waals surface area contributed by atoms with Crippen molar-refractivity contribution in [3.8, 4) is 0 Å². The quantitative estimate of drug-likeness (QED) is 0.593. The minimum atomic E-state index is -3.51. The number of carbonyl (C=O) groups excluding carboxylic acids is 1. The third kappa shape index (κ3) is 4.63. The van der Waals surface area contributed by atoms with Gasteiger partial charge in [0.05, 0.1) is 0 Å². The molecule has 104 valence electrons. The van der Waals surface area contributed by atoms with Crippen LogP contribution in [0.4, 0.5) is 0 Å². The van der Waals surface area contributed by atoms with Gasteiger partial charge in [0.25, 0.3) is 0 Å². The normalized spacial score (nSPS) is 13.4. The Hall–Kier alpha value is -1.42. The van der Waals surface area contributed by atoms with Gasteiger partial charge in [0.2, 0.25) is 5.85 Å². The first kappa shape index (κ1) is 15.6. The van der Waals surface area contributed by atoms with Gasteiger partial charge in [-0.15, -0.1) is 0 Å². The topological polar surface area (TPSA) is 61.8 Å². The van der Waals surface area contributed by atoms with Crippen molar-refractivity contribution in [3.63, 3.8) is 0 Å². The molecule has 6 heteroatoms. The molecule has 0 radical (unpaired) electrons. The third-order valence-electron chi connectivity index (χ3n) is 2.36. The van der Waals surface area contributed by atoms with E-state index < -0.39 is 19.4 Å². The highest BCUT2D eigenvalue weighted by molar-refractivity contribution is 7.54. The molecule has 1 rings (SSSR count). The van der Waals surface area contributed by atoms with E-state index in [0.29, 0.717) is 0 Å². The summed E-state index contributed by atoms with van der Waals surface area (Å²) in [7, 11) is -1.02. The predicted molar refractivity (Wildman–Crippen MR) is 72.7 cm³/mol. The molecule has 0 unspecified atom stereocenters. The monoisotopic (exact) mass is 284 g/mol. The molecule has 0 spiro atoms. The summed E-state index contributed by atoms with van der Waals surface area (Å²) in [6.07, 6.45) is 3.18. The summed E-state index contributed by atoms with van der Waals surface area (Å²) in [6, 6.07) is 9.35. The summed E-state index contributed by atoms with van der Waals surface area (Å²) < 4.78 is 26.9. The number of esters is 1. The van der Waals surface area contributed by atoms with Gasteiger partial charge in [-0.3, -0.25) is 9.36 Å². The molecule has 0 heterocycles. The van der Waals surface area contributed by atoms with Crippen LogP contribution in [0.2, 0.25) is 0 Å². The molecule has 5 nitrogen and oxygen atoms in total. The molecule has 1 atom stereocenters. The lowest BCUT2D eigenvalue weighted by molar-refractivity contribution is -0.141. The van der Waals surface area contributed by atoms with Gasteiger partial charge in [0, 0.05) is 21.1 Å². The second kappa shape index (κ2) is 7.24. The standard InChI is InChI=1S/C13H17O5P/c1-11(14)18-13(19(15,16-2)17-3)10-9-12-7-5-4-6-8-12/h4-10,13H,1-3H3/b10-9+/t13-/m0/s1. The lowest BCUT2D eigenvalue weighted by Crippen LogP contribution is -2.16. The Bertz CT molecular complexity index is 475. The molecule has 19 heavy (non-hydrogen) atoms. The zero-order valence-electron chi connectivity index (χ0n) is 11.1. The maximum absolute atomic E-state index is 12.2. The molecular formula is C13H17O5P. The van der Waals surface area contributed by atoms with E-state index in [1.54, 1.807) is 6.08 Å². The van der Waals surface area contributed by atoms with Crippen molar-refractivity contribution in [1.29, 1.82) is 0 Å². The summed E-state index contributed by atoms with van der Waals surface area (Å²) in [6.45, 7) is 1.24. The molecule has 0 fully saturated rings. The third-order valence-corrected chi connectivity index (χ3v) is 4.28. The fourth-order valence-electron chi connectivity index (χ4n) is 1.42. The average molecular weight is 284 g/mol. The van der Waals surface area contributed by atoms with Gasteiger partial charge in [-0.05, 0) is 11.6 Å². The van der Waals surface area contributed by atoms with Crippen LogP contribution in [-0.4, -0.2) is 26.0 Å². The van der Waals surface area contributed by atoms with Crippen molar-refractivity contribution in [2.45, 2.75) is 12.8 Å². The number of carbonyl (C=O) groups is 1. The first-order valence-electron chi connectivity index (χ1n) is 5.63. The number of hydrogen-bond donors (Lipinski definition) is 0. The molecular weight excluding hydrogens is 267 g/mol. The summed E-state index contributed by atoms with van der Waals surface area (Å²) >= 11 is 0. The average Bonchev–Trinajstić information content (AvgIpc) is 2.43. The van der Waals surface area contributed by atoms with Crippen LogP contribution in [0.1, 0.15) is 12.5 Å². The largest absolute Gasteiger partial charge is 0.445 e. The van der Waals surface area contributed by atoms with Gasteiger partial charge in [0.15, 0.2) is 0 Å². The van der Waals surface area contributed by atoms with Crippen molar-refractivity contribution in [2.24, 2.45) is 0 Å². The minimum Gasteiger partial charge on any atom is -0.445 e. The van der Waals surface area contributed by atoms with Crippen LogP contribution in [0.15, 0.2) is 36.4 Å². The maximum Gasteiger partial charge on any atom is 0.374 e. The molecule has 0 aromatic heterocycles. The minimum absolute atomic E-state index is 0.558. The lowest BCUT2D eigenvalue weighted by Gasteiger charge is -2.21. The Morgan fingerprint density at radius 3 is 2.26 bits per heavy atom. The Labute approximate surface area is 112 Å². The summed E-state index contributed by atoms with van der Waals surface area (Å²) in [5.41, 5.74) is 0.887. The fraction of sp³-hybridized carbons (Fsp3) is 0.308. The molecule has 0 bridgehead atoms. The van der Waals surface area contributed by atoms with Gasteiger partial charge in [-0.2, -0.15) is 0 Å². The summed E-state index contributed by atoms with van der Waals surface area (Å²) in [5, 5.41) is 0. The van der Waals surface area contributed by atoms with Gasteiger partial charge in [-0.1, -0.05) is 36.4 Å². The van der Waals surface area contributed by atoms with E-state index in [2.05, 4.69) is 0 Å². The number of ether oxygens (including phenoxy) is 1. The van der Waals surface area contributed by atoms with Crippen molar-refractivity contribution >= 4 is 19.6 Å². The molecule has 0 aliphatic rings. The van der Waals surface area contributed by atoms with E-state index in [0.717, 1.165) is 5.56 Å². The summed E-state index contributed by atoms with van der Waals surface area (Å²) in [5.74, 6) is -1.63. The predicted octanol–water partition coefficient (Wildman–Crippen LogP) is 3.07. The van der Waals surface area contributed by atoms with E-state index in [1.165, 1.54) is 27.2 Å². The van der Waals surface area contributed by atoms with E-state index in [1.807, 2.05) is 30.3 Å². The van der Waals surface area contributed by atoms with Crippen molar-refractivity contribution in [3.05, 3.63) is 42.0 Å². The van der Waals surface area contributed by atoms with Crippen LogP contribution in [0.3, 0.4) is 0 Å². The molecule has 0 saturated carbocycles. The number of hydrogen-bond acceptors (Lipinski definition) is 5. The Morgan fingerprint density at radius 1 is 1.21 bits per heavy atom. The molecule has 0 aliphatic heterocycles. The zero-order valence-corrected chi connectivity index (χ0v) is 12.0. The van der Waals surface area contributed by atoms with E-state index >= 15 is 0 Å². The van der Waals surface area contributed by atoms with Gasteiger partial charge in [0.1, 0.15) is 0 Å². The summed E-state index contributed by atoms with van der Waals surface area (Å²) in [4.78, 5) is 11.1. The van der Waals surface area contributed by atoms with Crippen LogP contribution in [-0.2, 0) is 23.1 Å². The van der Waals surface area contributed by atoms with Crippen molar-refractivity contribution in [1.82, 2.24) is 0 Å². The smallest absolute Gasteiger partial charge is 0.374 e. The number of rotatable bonds is 6. The zero-order chi connectivity index (χ0) is 14.3. The van der Waals surface area contributed by atoms with Gasteiger partial charge >= 0.3 is 13.6 Å². The van der Waals surface area contributed by atoms with Crippen LogP contribution >= 0.6 is 7.60 Å². The highest BCUT2D eigenvalue weighted by Gasteiger charge is 2.34. The highest BCUT2D eigenvalue weighted by atomic mass is 31.2. The molecule has 0 aliphatic carbocycles. The van der Waals surface area contributed by atoms with Crippen molar-refractivity contribution in [2.75, 3.05) is 14.2 Å². The SMILES string of the molecule is COP(=O)(OC)[C@@H](/C=C/c1ccccc1)OC(C)=O. The van der Waals surface area contributed by atoms with E-state index in [-0.39, 0.29) is 0 Å². The maximum atomic E-state index is 12.2. The Kier molecular flexibility index (Phi) is 5.96. The lowest BCUT2D eigenvalue weighted by atomic mass is 10.2. The van der Waals surface area contributed by atoms with E-state index in [4.69, 9.17) is 13.8 Å². The van der Waals surface area contributed by atoms with Gasteiger partial charge in [-0.25, -0.2) is 0 Å². The van der Waals surface area contributed by atoms with Crippen LogP contribution in [0.25, 0.3) is 6.08 Å². The molecule has 0 N–H and O–H groups in total. The Balaban J connectivity index is 2.95. The Morgan fingerprint density at radius 2 is 1.79 bits per heavy atom. The van der Waals surface area contributed by atoms with Crippen LogP contribution in [0, 0.1) is 0 Å². The van der Waals surface area contributed by atoms with Crippen LogP contribution in [0.5, 0.6) is 0 Å². The first-order valence-corrected chi connectivity index (χ1v) is 7.24. The molecule has 1 aromatic carbocycles. The number of benzene rings is 1. The second-order valence-electron chi connectivity index (χ2n) is 3.67. The highest BCUT2D eigenvalue weighted by Crippen LogP contribution is 2.52. The van der Waals surface area contributed by atoms with Crippen molar-refractivity contribution < 1.29 is 23.1 Å². The second-order valence-corrected chi connectivity index (χ2v) is 5.99. The first-order chi connectivity index (χ1) is 9.01. The van der Waals surface area contributed by atoms with Crippen LogP contribution < -0.4 is 0 Å². The van der Waals surface area contributed by atoms with Gasteiger partial charge < -0.3 is 13.8 Å². The fourth-order valence-corrected chi connectivity index (χ4v) is 2.56. The molecule has 0 saturated heterocycles. The molecule has 1 aromatic rings. The molecule has 0 amide bonds. The van der Waals surface area contributed by atoms with E-state index in [9.17, 15) is 9.36 Å².